The van der Waals surface area contributed by atoms with Gasteiger partial charge in [0.1, 0.15) is 0 Å². The van der Waals surface area contributed by atoms with Gasteiger partial charge in [-0.05, 0) is 48.1 Å². The van der Waals surface area contributed by atoms with Gasteiger partial charge < -0.3 is 0 Å². The summed E-state index contributed by atoms with van der Waals surface area (Å²) in [7, 11) is -9.03. The zero-order valence-corrected chi connectivity index (χ0v) is 39.0. The van der Waals surface area contributed by atoms with Gasteiger partial charge in [0.05, 0.1) is 0 Å². The van der Waals surface area contributed by atoms with Crippen LogP contribution in [0.25, 0.3) is 0 Å². The fourth-order valence-electron chi connectivity index (χ4n) is 10.1. The number of rotatable bonds is 10. The van der Waals surface area contributed by atoms with E-state index in [2.05, 4.69) is 168 Å². The lowest BCUT2D eigenvalue weighted by molar-refractivity contribution is 0.888. The molecule has 0 bridgehead atoms. The predicted molar refractivity (Wildman–Crippen MR) is 220 cm³/mol. The molecule has 1 aliphatic heterocycles. The van der Waals surface area contributed by atoms with Crippen molar-refractivity contribution >= 4 is 71.5 Å². The summed E-state index contributed by atoms with van der Waals surface area (Å²) in [5.41, 5.74) is 8.87. The minimum absolute atomic E-state index is 0.182. The van der Waals surface area contributed by atoms with Crippen LogP contribution >= 0.6 is 11.6 Å². The second-order valence-electron chi connectivity index (χ2n) is 21.0. The van der Waals surface area contributed by atoms with Crippen LogP contribution in [0.1, 0.15) is 53.0 Å². The summed E-state index contributed by atoms with van der Waals surface area (Å²) in [6.45, 7) is 55.7. The van der Waals surface area contributed by atoms with Gasteiger partial charge in [0.25, 0.3) is 0 Å². The molecule has 0 unspecified atom stereocenters. The van der Waals surface area contributed by atoms with Crippen molar-refractivity contribution in [1.82, 2.24) is 0 Å². The van der Waals surface area contributed by atoms with Crippen LogP contribution in [0.4, 0.5) is 0 Å². The topological polar surface area (TPSA) is 0 Å². The fourth-order valence-corrected chi connectivity index (χ4v) is 50.0. The van der Waals surface area contributed by atoms with Crippen molar-refractivity contribution in [3.8, 4) is 0 Å². The van der Waals surface area contributed by atoms with Crippen molar-refractivity contribution in [2.24, 2.45) is 0 Å². The Kier molecular flexibility index (Phi) is 11.4. The molecule has 42 heavy (non-hydrogen) atoms. The molecule has 0 atom stereocenters. The van der Waals surface area contributed by atoms with E-state index in [0.29, 0.717) is 5.99 Å². The Morgan fingerprint density at radius 3 is 1.14 bits per heavy atom. The normalized spacial score (nSPS) is 17.9. The molecule has 0 fully saturated rings. The Bertz CT molecular complexity index is 1050. The molecular weight excluding hydrogens is 620 g/mol. The Labute approximate surface area is 275 Å². The maximum atomic E-state index is 2.90. The summed E-state index contributed by atoms with van der Waals surface area (Å²) in [5, 5.41) is 2.31. The van der Waals surface area contributed by atoms with Gasteiger partial charge >= 0.3 is 0 Å². The minimum Gasteiger partial charge on any atom is -0.193 e. The van der Waals surface area contributed by atoms with E-state index in [9.17, 15) is 0 Å². The quantitative estimate of drug-likeness (QED) is 0.174. The molecule has 0 aliphatic carbocycles. The van der Waals surface area contributed by atoms with Gasteiger partial charge in [-0.25, -0.2) is 0 Å². The van der Waals surface area contributed by atoms with Crippen LogP contribution in [0.5, 0.6) is 0 Å². The van der Waals surface area contributed by atoms with Crippen molar-refractivity contribution < 1.29 is 0 Å². The summed E-state index contributed by atoms with van der Waals surface area (Å²) in [5.74, 6) is 0.562. The summed E-state index contributed by atoms with van der Waals surface area (Å²) < 4.78 is 0.182. The largest absolute Gasteiger partial charge is 0.247 e. The highest BCUT2D eigenvalue weighted by molar-refractivity contribution is 8.28. The highest BCUT2D eigenvalue weighted by Gasteiger charge is 2.48. The van der Waals surface area contributed by atoms with Gasteiger partial charge in [-0.15, -0.1) is 0 Å². The van der Waals surface area contributed by atoms with Crippen LogP contribution in [-0.2, 0) is 0 Å². The van der Waals surface area contributed by atoms with Gasteiger partial charge in [-0.1, -0.05) is 158 Å². The standard InChI is InChI=1S/C34H71BSSi6/c1-26-24-34(2,3)36-35(25-26)30-28(32(39(10,11)12)40(13,14)15)22-27(31(37(4,5)6)38(7,8)9)23-29(30)33(41(16,17)18)42(19,20)21/h22-24,31-33H,25H2,1-21H3. The first-order chi connectivity index (χ1) is 18.3. The second kappa shape index (κ2) is 12.4. The minimum atomic E-state index is -1.53. The predicted octanol–water partition coefficient (Wildman–Crippen LogP) is 11.9. The average Bonchev–Trinajstić information content (AvgIpc) is 2.58. The first-order valence-electron chi connectivity index (χ1n) is 16.8. The molecule has 0 aromatic heterocycles. The third-order valence-electron chi connectivity index (χ3n) is 9.29. The van der Waals surface area contributed by atoms with E-state index >= 15 is 0 Å². The molecule has 0 saturated carbocycles. The molecule has 0 radical (unpaired) electrons. The first kappa shape index (κ1) is 38.9. The monoisotopic (exact) mass is 690 g/mol. The maximum absolute atomic E-state index is 2.90. The van der Waals surface area contributed by atoms with Crippen LogP contribution < -0.4 is 5.46 Å². The highest BCUT2D eigenvalue weighted by Crippen LogP contribution is 2.46. The molecule has 240 valence electrons. The van der Waals surface area contributed by atoms with Crippen LogP contribution in [-0.4, -0.2) is 59.2 Å². The molecule has 1 aromatic rings. The maximum Gasteiger partial charge on any atom is 0.247 e. The summed E-state index contributed by atoms with van der Waals surface area (Å²) in [6, 6.07) is 5.79. The van der Waals surface area contributed by atoms with E-state index in [1.807, 2.05) is 16.6 Å². The van der Waals surface area contributed by atoms with Crippen LogP contribution in [0.15, 0.2) is 23.8 Å². The lowest BCUT2D eigenvalue weighted by Crippen LogP contribution is -2.55. The summed E-state index contributed by atoms with van der Waals surface area (Å²) >= 11 is 2.28. The Morgan fingerprint density at radius 2 is 0.881 bits per heavy atom. The Hall–Kier alpha value is 0.676. The average molecular weight is 691 g/mol. The van der Waals surface area contributed by atoms with Gasteiger partial charge in [0.15, 0.2) is 0 Å². The Balaban J connectivity index is 3.34. The lowest BCUT2D eigenvalue weighted by Gasteiger charge is -2.47. The molecule has 0 spiro atoms. The van der Waals surface area contributed by atoms with Crippen LogP contribution in [0.3, 0.4) is 0 Å². The van der Waals surface area contributed by atoms with E-state index in [0.717, 1.165) is 15.5 Å². The third kappa shape index (κ3) is 9.37. The highest BCUT2D eigenvalue weighted by atomic mass is 32.2. The first-order valence-corrected chi connectivity index (χ1v) is 39.2. The van der Waals surface area contributed by atoms with Gasteiger partial charge in [0, 0.05) is 53.2 Å². The molecular formula is C34H71BSSi6. The van der Waals surface area contributed by atoms with Crippen LogP contribution in [0, 0.1) is 0 Å². The van der Waals surface area contributed by atoms with E-state index in [4.69, 9.17) is 0 Å². The number of hydrogen-bond donors (Lipinski definition) is 0. The van der Waals surface area contributed by atoms with E-state index < -0.39 is 48.4 Å². The van der Waals surface area contributed by atoms with Crippen molar-refractivity contribution in [3.63, 3.8) is 0 Å². The third-order valence-corrected chi connectivity index (χ3v) is 38.6. The second-order valence-corrected chi connectivity index (χ2v) is 56.5. The van der Waals surface area contributed by atoms with Crippen molar-refractivity contribution in [1.29, 1.82) is 0 Å². The van der Waals surface area contributed by atoms with Gasteiger partial charge in [-0.3, -0.25) is 0 Å². The van der Waals surface area contributed by atoms with Crippen molar-refractivity contribution in [3.05, 3.63) is 40.5 Å². The van der Waals surface area contributed by atoms with Crippen LogP contribution in [0.2, 0.25) is 124 Å². The molecule has 0 N–H and O–H groups in total. The molecule has 1 heterocycles. The SMILES string of the molecule is CC1=CC(C)(C)SB(c2c(C([Si](C)(C)C)[Si](C)(C)C)cc(C([Si](C)(C)C)[Si](C)(C)C)cc2C([Si](C)(C)C)[Si](C)(C)C)C1. The lowest BCUT2D eigenvalue weighted by atomic mass is 9.59. The van der Waals surface area contributed by atoms with Crippen molar-refractivity contribution in [2.45, 2.75) is 165 Å². The number of benzene rings is 1. The molecule has 0 saturated heterocycles. The zero-order valence-electron chi connectivity index (χ0n) is 32.2. The van der Waals surface area contributed by atoms with E-state index in [-0.39, 0.29) is 4.75 Å². The molecule has 0 nitrogen and oxygen atoms in total. The van der Waals surface area contributed by atoms with Gasteiger partial charge in [0.2, 0.25) is 5.99 Å². The van der Waals surface area contributed by atoms with Crippen molar-refractivity contribution in [2.75, 3.05) is 0 Å². The van der Waals surface area contributed by atoms with Gasteiger partial charge in [-0.2, -0.15) is 11.6 Å². The molecule has 1 aliphatic rings. The smallest absolute Gasteiger partial charge is 0.193 e. The molecule has 1 aromatic carbocycles. The zero-order chi connectivity index (χ0) is 33.2. The molecule has 0 amide bonds. The summed E-state index contributed by atoms with van der Waals surface area (Å²) in [4.78, 5) is 0. The summed E-state index contributed by atoms with van der Waals surface area (Å²) in [6.07, 6.45) is 3.78. The van der Waals surface area contributed by atoms with E-state index in [1.54, 1.807) is 11.1 Å². The molecule has 8 heteroatoms. The number of hydrogen-bond acceptors (Lipinski definition) is 1. The number of allylic oxidation sites excluding steroid dienone is 1. The molecule has 2 rings (SSSR count). The fraction of sp³-hybridized carbons (Fsp3) is 0.765. The van der Waals surface area contributed by atoms with E-state index in [1.165, 1.54) is 6.32 Å². The Morgan fingerprint density at radius 1 is 0.571 bits per heavy atom.